The van der Waals surface area contributed by atoms with E-state index in [9.17, 15) is 4.79 Å². The number of rotatable bonds is 2. The number of hydrogen-bond acceptors (Lipinski definition) is 3. The summed E-state index contributed by atoms with van der Waals surface area (Å²) in [6.45, 7) is 3.86. The van der Waals surface area contributed by atoms with Crippen LogP contribution in [-0.2, 0) is 4.79 Å². The van der Waals surface area contributed by atoms with E-state index < -0.39 is 5.41 Å². The van der Waals surface area contributed by atoms with Gasteiger partial charge in [0, 0.05) is 13.1 Å². The molecule has 0 bridgehead atoms. The van der Waals surface area contributed by atoms with Crippen molar-refractivity contribution in [3.63, 3.8) is 0 Å². The molecule has 20 heavy (non-hydrogen) atoms. The summed E-state index contributed by atoms with van der Waals surface area (Å²) in [6, 6.07) is 0. The Morgan fingerprint density at radius 2 is 1.90 bits per heavy atom. The normalized spacial score (nSPS) is 27.9. The molecule has 1 unspecified atom stereocenters. The zero-order valence-electron chi connectivity index (χ0n) is 12.5. The van der Waals surface area contributed by atoms with Crippen LogP contribution in [0.3, 0.4) is 0 Å². The van der Waals surface area contributed by atoms with Crippen LogP contribution in [0.5, 0.6) is 0 Å². The number of hydrogen-bond donors (Lipinski definition) is 2. The molecule has 0 radical (unpaired) electrons. The van der Waals surface area contributed by atoms with Crippen LogP contribution in [0.15, 0.2) is 5.16 Å². The topological polar surface area (TPSA) is 78.9 Å². The molecule has 0 aromatic carbocycles. The van der Waals surface area contributed by atoms with Crippen LogP contribution in [0, 0.1) is 11.3 Å². The van der Waals surface area contributed by atoms with Crippen LogP contribution in [0.4, 0.5) is 0 Å². The maximum atomic E-state index is 13.0. The molecule has 1 heterocycles. The minimum atomic E-state index is -0.749. The molecule has 1 saturated carbocycles. The maximum absolute atomic E-state index is 13.0. The molecule has 3 N–H and O–H groups in total. The molecule has 2 fully saturated rings. The second-order valence-electron chi connectivity index (χ2n) is 6.46. The van der Waals surface area contributed by atoms with E-state index in [1.165, 1.54) is 6.42 Å². The fourth-order valence-electron chi connectivity index (χ4n) is 3.60. The Morgan fingerprint density at radius 1 is 1.20 bits per heavy atom. The van der Waals surface area contributed by atoms with Gasteiger partial charge in [0.25, 0.3) is 0 Å². The average molecular weight is 281 g/mol. The van der Waals surface area contributed by atoms with E-state index in [0.717, 1.165) is 45.2 Å². The Hall–Kier alpha value is -1.26. The molecule has 1 atom stereocenters. The first kappa shape index (κ1) is 15.1. The molecule has 2 rings (SSSR count). The van der Waals surface area contributed by atoms with Gasteiger partial charge in [0.1, 0.15) is 5.41 Å². The van der Waals surface area contributed by atoms with Crippen LogP contribution >= 0.6 is 0 Å². The van der Waals surface area contributed by atoms with E-state index in [1.807, 2.05) is 4.90 Å². The summed E-state index contributed by atoms with van der Waals surface area (Å²) in [5, 5.41) is 12.3. The van der Waals surface area contributed by atoms with Gasteiger partial charge in [-0.05, 0) is 38.0 Å². The highest BCUT2D eigenvalue weighted by atomic mass is 16.4. The third-order valence-corrected chi connectivity index (χ3v) is 5.02. The quantitative estimate of drug-likeness (QED) is 0.353. The molecule has 5 nitrogen and oxygen atoms in total. The van der Waals surface area contributed by atoms with Crippen molar-refractivity contribution in [1.29, 1.82) is 0 Å². The van der Waals surface area contributed by atoms with E-state index in [2.05, 4.69) is 12.1 Å². The lowest BCUT2D eigenvalue weighted by molar-refractivity contribution is -0.140. The second-order valence-corrected chi connectivity index (χ2v) is 6.46. The van der Waals surface area contributed by atoms with Crippen LogP contribution in [0.1, 0.15) is 58.3 Å². The Labute approximate surface area is 121 Å². The number of likely N-dealkylation sites (tertiary alicyclic amines) is 1. The second kappa shape index (κ2) is 6.46. The van der Waals surface area contributed by atoms with E-state index >= 15 is 0 Å². The number of carbonyl (C=O) groups excluding carboxylic acids is 1. The van der Waals surface area contributed by atoms with Crippen molar-refractivity contribution < 1.29 is 10.0 Å². The van der Waals surface area contributed by atoms with Crippen molar-refractivity contribution in [2.45, 2.75) is 58.3 Å². The fourth-order valence-corrected chi connectivity index (χ4v) is 3.60. The summed E-state index contributed by atoms with van der Waals surface area (Å²) in [5.41, 5.74) is 5.16. The van der Waals surface area contributed by atoms with Crippen molar-refractivity contribution in [1.82, 2.24) is 4.90 Å². The van der Waals surface area contributed by atoms with Gasteiger partial charge in [0.05, 0.1) is 0 Å². The molecule has 0 spiro atoms. The minimum Gasteiger partial charge on any atom is -0.409 e. The molecule has 0 aromatic heterocycles. The van der Waals surface area contributed by atoms with Gasteiger partial charge in [-0.15, -0.1) is 0 Å². The predicted octanol–water partition coefficient (Wildman–Crippen LogP) is 2.33. The van der Waals surface area contributed by atoms with E-state index in [0.29, 0.717) is 18.8 Å². The molecule has 2 aliphatic rings. The van der Waals surface area contributed by atoms with Crippen molar-refractivity contribution in [2.75, 3.05) is 13.1 Å². The summed E-state index contributed by atoms with van der Waals surface area (Å²) in [6.07, 6.45) is 7.81. The van der Waals surface area contributed by atoms with Gasteiger partial charge in [0.15, 0.2) is 5.84 Å². The van der Waals surface area contributed by atoms with Crippen LogP contribution < -0.4 is 5.73 Å². The summed E-state index contributed by atoms with van der Waals surface area (Å²) >= 11 is 0. The third kappa shape index (κ3) is 2.91. The number of amidine groups is 1. The van der Waals surface area contributed by atoms with Crippen molar-refractivity contribution in [3.05, 3.63) is 0 Å². The van der Waals surface area contributed by atoms with Crippen molar-refractivity contribution in [2.24, 2.45) is 22.2 Å². The number of oxime groups is 1. The molecular formula is C15H27N3O2. The molecular weight excluding hydrogens is 254 g/mol. The predicted molar refractivity (Wildman–Crippen MR) is 78.5 cm³/mol. The van der Waals surface area contributed by atoms with Gasteiger partial charge < -0.3 is 15.8 Å². The van der Waals surface area contributed by atoms with Crippen LogP contribution in [0.2, 0.25) is 0 Å². The van der Waals surface area contributed by atoms with Crippen LogP contribution in [0.25, 0.3) is 0 Å². The highest BCUT2D eigenvalue weighted by molar-refractivity contribution is 6.06. The SMILES string of the molecule is CC1CCCN(C(=O)C2(C(N)=NO)CCCCC2)CC1. The van der Waals surface area contributed by atoms with Crippen molar-refractivity contribution in [3.8, 4) is 0 Å². The van der Waals surface area contributed by atoms with Gasteiger partial charge >= 0.3 is 0 Å². The highest BCUT2D eigenvalue weighted by Gasteiger charge is 2.46. The van der Waals surface area contributed by atoms with Gasteiger partial charge in [-0.3, -0.25) is 4.79 Å². The van der Waals surface area contributed by atoms with E-state index in [1.54, 1.807) is 0 Å². The van der Waals surface area contributed by atoms with Crippen molar-refractivity contribution >= 4 is 11.7 Å². The maximum Gasteiger partial charge on any atom is 0.236 e. The molecule has 5 heteroatoms. The lowest BCUT2D eigenvalue weighted by Crippen LogP contribution is -2.52. The fraction of sp³-hybridized carbons (Fsp3) is 0.867. The lowest BCUT2D eigenvalue weighted by Gasteiger charge is -2.38. The van der Waals surface area contributed by atoms with E-state index in [-0.39, 0.29) is 11.7 Å². The van der Waals surface area contributed by atoms with E-state index in [4.69, 9.17) is 10.9 Å². The third-order valence-electron chi connectivity index (χ3n) is 5.02. The van der Waals surface area contributed by atoms with Gasteiger partial charge in [0.2, 0.25) is 5.91 Å². The summed E-state index contributed by atoms with van der Waals surface area (Å²) < 4.78 is 0. The Morgan fingerprint density at radius 3 is 2.55 bits per heavy atom. The number of amides is 1. The summed E-state index contributed by atoms with van der Waals surface area (Å²) in [4.78, 5) is 14.9. The Bertz CT molecular complexity index is 375. The first-order chi connectivity index (χ1) is 9.60. The molecule has 1 aliphatic carbocycles. The van der Waals surface area contributed by atoms with Gasteiger partial charge in [-0.2, -0.15) is 0 Å². The molecule has 0 aromatic rings. The molecule has 1 aliphatic heterocycles. The molecule has 1 saturated heterocycles. The molecule has 1 amide bonds. The first-order valence-corrected chi connectivity index (χ1v) is 7.87. The number of nitrogens with two attached hydrogens (primary N) is 1. The Kier molecular flexibility index (Phi) is 4.89. The van der Waals surface area contributed by atoms with Gasteiger partial charge in [-0.1, -0.05) is 31.3 Å². The lowest BCUT2D eigenvalue weighted by atomic mass is 9.72. The zero-order chi connectivity index (χ0) is 14.6. The van der Waals surface area contributed by atoms with Crippen LogP contribution in [-0.4, -0.2) is 34.9 Å². The first-order valence-electron chi connectivity index (χ1n) is 7.87. The zero-order valence-corrected chi connectivity index (χ0v) is 12.5. The van der Waals surface area contributed by atoms with Gasteiger partial charge in [-0.25, -0.2) is 0 Å². The smallest absolute Gasteiger partial charge is 0.236 e. The highest BCUT2D eigenvalue weighted by Crippen LogP contribution is 2.39. The summed E-state index contributed by atoms with van der Waals surface area (Å²) in [7, 11) is 0. The Balaban J connectivity index is 2.18. The standard InChI is InChI=1S/C15H27N3O2/c1-12-6-5-10-18(11-7-12)14(19)15(13(16)17-20)8-3-2-4-9-15/h12,20H,2-11H2,1H3,(H2,16,17). The monoisotopic (exact) mass is 281 g/mol. The largest absolute Gasteiger partial charge is 0.409 e. The molecule has 114 valence electrons. The average Bonchev–Trinajstić information content (AvgIpc) is 2.71. The number of nitrogens with zero attached hydrogens (tertiary/aromatic N) is 2. The summed E-state index contributed by atoms with van der Waals surface area (Å²) in [5.74, 6) is 0.875. The number of carbonyl (C=O) groups is 1. The minimum absolute atomic E-state index is 0.0848.